The molecule has 0 fully saturated rings. The molecule has 2 N–H and O–H groups in total. The number of hydrogen-bond donors (Lipinski definition) is 2. The van der Waals surface area contributed by atoms with Crippen molar-refractivity contribution in [1.29, 1.82) is 0 Å². The predicted octanol–water partition coefficient (Wildman–Crippen LogP) is -1.95. The van der Waals surface area contributed by atoms with Gasteiger partial charge in [-0.3, -0.25) is 4.79 Å². The molecule has 1 rings (SSSR count). The second-order valence-electron chi connectivity index (χ2n) is 1.78. The number of aromatic carboxylic acids is 1. The van der Waals surface area contributed by atoms with Gasteiger partial charge < -0.3 is 14.5 Å². The summed E-state index contributed by atoms with van der Waals surface area (Å²) in [7, 11) is 0. The van der Waals surface area contributed by atoms with E-state index in [4.69, 9.17) is 15.0 Å². The van der Waals surface area contributed by atoms with Crippen molar-refractivity contribution in [2.24, 2.45) is 0 Å². The van der Waals surface area contributed by atoms with Crippen molar-refractivity contribution in [1.82, 2.24) is 0 Å². The second-order valence-corrected chi connectivity index (χ2v) is 1.78. The molecule has 4 nitrogen and oxygen atoms in total. The minimum atomic E-state index is -0.879. The van der Waals surface area contributed by atoms with E-state index in [0.717, 1.165) is 0 Å². The summed E-state index contributed by atoms with van der Waals surface area (Å²) in [6.45, 7) is -0.250. The van der Waals surface area contributed by atoms with Gasteiger partial charge in [-0.15, -0.1) is 0 Å². The van der Waals surface area contributed by atoms with Crippen LogP contribution in [0.15, 0.2) is 30.3 Å². The van der Waals surface area contributed by atoms with E-state index in [0.29, 0.717) is 5.56 Å². The normalized spacial score (nSPS) is 6.57. The molecule has 0 saturated carbocycles. The maximum absolute atomic E-state index is 10.2. The van der Waals surface area contributed by atoms with Crippen LogP contribution in [0.2, 0.25) is 0 Å². The van der Waals surface area contributed by atoms with Gasteiger partial charge in [-0.1, -0.05) is 18.2 Å². The van der Waals surface area contributed by atoms with Crippen LogP contribution in [0.1, 0.15) is 14.6 Å². The van der Waals surface area contributed by atoms with Gasteiger partial charge in [0.05, 0.1) is 5.56 Å². The predicted molar refractivity (Wildman–Crippen MR) is 51.2 cm³/mol. The molecule has 0 aromatic heterocycles. The third kappa shape index (κ3) is 10.5. The van der Waals surface area contributed by atoms with Crippen molar-refractivity contribution < 1.29 is 53.6 Å². The third-order valence-corrected chi connectivity index (χ3v) is 1.02. The van der Waals surface area contributed by atoms with Crippen molar-refractivity contribution in [2.75, 3.05) is 0 Å². The summed E-state index contributed by atoms with van der Waals surface area (Å²) in [5, 5.41) is 15.3. The Morgan fingerprint density at radius 2 is 1.64 bits per heavy atom. The Morgan fingerprint density at radius 3 is 1.86 bits per heavy atom. The van der Waals surface area contributed by atoms with Gasteiger partial charge in [-0.05, 0) is 12.1 Å². The maximum Gasteiger partial charge on any atom is 2.00 e. The third-order valence-electron chi connectivity index (χ3n) is 1.02. The Bertz CT molecular complexity index is 264. The molecular formula is C8H11CaNaO4. The fourth-order valence-electron chi connectivity index (χ4n) is 0.581. The zero-order chi connectivity index (χ0) is 9.40. The van der Waals surface area contributed by atoms with E-state index in [1.807, 2.05) is 0 Å². The minimum absolute atomic E-state index is 0. The summed E-state index contributed by atoms with van der Waals surface area (Å²) < 4.78 is 0. The van der Waals surface area contributed by atoms with Gasteiger partial charge >= 0.3 is 73.3 Å². The molecular weight excluding hydrogens is 223 g/mol. The number of hydrogen-bond acceptors (Lipinski definition) is 2. The van der Waals surface area contributed by atoms with Crippen LogP contribution in [0.5, 0.6) is 0 Å². The van der Waals surface area contributed by atoms with Crippen molar-refractivity contribution in [3.05, 3.63) is 35.9 Å². The Morgan fingerprint density at radius 1 is 1.29 bits per heavy atom. The van der Waals surface area contributed by atoms with Crippen molar-refractivity contribution >= 4 is 50.2 Å². The van der Waals surface area contributed by atoms with Crippen LogP contribution in [-0.2, 0) is 4.79 Å². The van der Waals surface area contributed by atoms with Crippen LogP contribution < -0.4 is 29.6 Å². The van der Waals surface area contributed by atoms with Gasteiger partial charge in [0, 0.05) is 0 Å². The number of carboxylic acid groups (broad SMARTS) is 2. The Balaban J connectivity index is -0.0000000349. The van der Waals surface area contributed by atoms with Gasteiger partial charge in [0.25, 0.3) is 6.47 Å². The van der Waals surface area contributed by atoms with E-state index in [2.05, 4.69) is 0 Å². The summed E-state index contributed by atoms with van der Waals surface area (Å²) in [5.41, 5.74) is 0.331. The molecule has 0 unspecified atom stereocenters. The standard InChI is InChI=1S/C7H6O2.CH2O2.Ca.Na.3H/c8-7(9)6-4-2-1-3-5-6;2-1-3;;;;;/h1-5H,(H,8,9);1H,(H,2,3);;;;;/q;;+2;+1;3*-1. The largest absolute Gasteiger partial charge is 2.00 e. The first-order chi connectivity index (χ1) is 5.72. The van der Waals surface area contributed by atoms with E-state index in [1.54, 1.807) is 30.3 Å². The van der Waals surface area contributed by atoms with Crippen molar-refractivity contribution in [3.8, 4) is 0 Å². The fraction of sp³-hybridized carbons (Fsp3) is 0. The minimum Gasteiger partial charge on any atom is -1.00 e. The smallest absolute Gasteiger partial charge is 1.00 e. The molecule has 0 spiro atoms. The Kier molecular flexibility index (Phi) is 19.1. The monoisotopic (exact) mass is 234 g/mol. The second kappa shape index (κ2) is 13.4. The molecule has 0 radical (unpaired) electrons. The molecule has 14 heavy (non-hydrogen) atoms. The molecule has 0 aliphatic carbocycles. The van der Waals surface area contributed by atoms with E-state index < -0.39 is 5.97 Å². The first kappa shape index (κ1) is 19.9. The van der Waals surface area contributed by atoms with Crippen molar-refractivity contribution in [2.45, 2.75) is 0 Å². The topological polar surface area (TPSA) is 74.6 Å². The molecule has 70 valence electrons. The first-order valence-corrected chi connectivity index (χ1v) is 3.08. The molecule has 0 aliphatic rings. The molecule has 0 atom stereocenters. The molecule has 0 bridgehead atoms. The fourth-order valence-corrected chi connectivity index (χ4v) is 0.581. The molecule has 1 aromatic rings. The molecule has 0 heterocycles. The Labute approximate surface area is 138 Å². The molecule has 0 aliphatic heterocycles. The van der Waals surface area contributed by atoms with Gasteiger partial charge in [0.2, 0.25) is 0 Å². The average Bonchev–Trinajstić information content (AvgIpc) is 2.07. The quantitative estimate of drug-likeness (QED) is 0.437. The molecule has 6 heteroatoms. The molecule has 1 aromatic carbocycles. The van der Waals surface area contributed by atoms with Crippen LogP contribution >= 0.6 is 0 Å². The van der Waals surface area contributed by atoms with Crippen molar-refractivity contribution in [3.63, 3.8) is 0 Å². The van der Waals surface area contributed by atoms with Crippen LogP contribution in [0.3, 0.4) is 0 Å². The summed E-state index contributed by atoms with van der Waals surface area (Å²) in [6, 6.07) is 8.30. The summed E-state index contributed by atoms with van der Waals surface area (Å²) in [4.78, 5) is 18.6. The van der Waals surface area contributed by atoms with Gasteiger partial charge in [-0.25, -0.2) is 4.79 Å². The summed E-state index contributed by atoms with van der Waals surface area (Å²) in [6.07, 6.45) is 0. The van der Waals surface area contributed by atoms with E-state index >= 15 is 0 Å². The van der Waals surface area contributed by atoms with E-state index in [9.17, 15) is 4.79 Å². The van der Waals surface area contributed by atoms with E-state index in [-0.39, 0.29) is 78.0 Å². The van der Waals surface area contributed by atoms with Gasteiger partial charge in [0.1, 0.15) is 0 Å². The van der Waals surface area contributed by atoms with Gasteiger partial charge in [0.15, 0.2) is 0 Å². The van der Waals surface area contributed by atoms with Crippen LogP contribution in [-0.4, -0.2) is 60.4 Å². The maximum atomic E-state index is 10.2. The van der Waals surface area contributed by atoms with Crippen LogP contribution in [0, 0.1) is 0 Å². The van der Waals surface area contributed by atoms with Gasteiger partial charge in [-0.2, -0.15) is 0 Å². The average molecular weight is 234 g/mol. The summed E-state index contributed by atoms with van der Waals surface area (Å²) in [5.74, 6) is -0.879. The number of benzene rings is 1. The zero-order valence-electron chi connectivity index (χ0n) is 10.9. The summed E-state index contributed by atoms with van der Waals surface area (Å²) >= 11 is 0. The van der Waals surface area contributed by atoms with Crippen LogP contribution in [0.25, 0.3) is 0 Å². The zero-order valence-corrected chi connectivity index (χ0v) is 12.1. The van der Waals surface area contributed by atoms with Crippen LogP contribution in [0.4, 0.5) is 0 Å². The first-order valence-electron chi connectivity index (χ1n) is 3.08. The Hall–Kier alpha value is 0.420. The molecule has 0 saturated heterocycles. The number of rotatable bonds is 1. The SMILES string of the molecule is O=C(O)c1ccccc1.O=CO.[Ca+2].[H-].[H-].[H-].[Na+]. The number of carbonyl (C=O) groups is 2. The molecule has 0 amide bonds. The van der Waals surface area contributed by atoms with E-state index in [1.165, 1.54) is 0 Å². The number of carboxylic acids is 1.